The fourth-order valence-corrected chi connectivity index (χ4v) is 9.38. The Morgan fingerprint density at radius 2 is 0.889 bits per heavy atom. The van der Waals surface area contributed by atoms with E-state index < -0.39 is 124 Å². The van der Waals surface area contributed by atoms with Gasteiger partial charge in [0.1, 0.15) is 73.2 Å². The van der Waals surface area contributed by atoms with Crippen LogP contribution in [-0.4, -0.2) is 193 Å². The SMILES string of the molecule is CCCCCCCCCCCCC/C=C/CC/C=C/C(O)C(COC1OC(CO)C(OC2OC(CO)C(OC3OC(CO)C(O)C(O)C3O)C(O)C2O)C(O)C1O)NC(=O)CCCCCCCCCCCC. The van der Waals surface area contributed by atoms with Crippen LogP contribution in [0.4, 0.5) is 0 Å². The van der Waals surface area contributed by atoms with Crippen molar-refractivity contribution in [1.82, 2.24) is 5.32 Å². The Hall–Kier alpha value is -1.73. The maximum Gasteiger partial charge on any atom is 0.220 e. The molecule has 72 heavy (non-hydrogen) atoms. The van der Waals surface area contributed by atoms with Gasteiger partial charge in [0.25, 0.3) is 0 Å². The summed E-state index contributed by atoms with van der Waals surface area (Å²) in [5, 5.41) is 120. The molecule has 0 radical (unpaired) electrons. The number of aliphatic hydroxyl groups excluding tert-OH is 11. The van der Waals surface area contributed by atoms with Crippen molar-refractivity contribution in [1.29, 1.82) is 0 Å². The number of hydrogen-bond donors (Lipinski definition) is 12. The summed E-state index contributed by atoms with van der Waals surface area (Å²) in [6.45, 7) is 1.66. The topological polar surface area (TPSA) is 307 Å². The second kappa shape index (κ2) is 37.9. The van der Waals surface area contributed by atoms with Gasteiger partial charge in [0, 0.05) is 6.42 Å². The van der Waals surface area contributed by atoms with Crippen LogP contribution in [0.15, 0.2) is 24.3 Å². The van der Waals surface area contributed by atoms with Crippen LogP contribution in [0, 0.1) is 0 Å². The van der Waals surface area contributed by atoms with Gasteiger partial charge in [-0.15, -0.1) is 0 Å². The molecule has 17 atom stereocenters. The molecule has 0 aromatic rings. The lowest BCUT2D eigenvalue weighted by Gasteiger charge is -2.48. The first-order chi connectivity index (χ1) is 34.8. The smallest absolute Gasteiger partial charge is 0.220 e. The third-order valence-electron chi connectivity index (χ3n) is 14.0. The lowest BCUT2D eigenvalue weighted by atomic mass is 9.96. The lowest BCUT2D eigenvalue weighted by Crippen LogP contribution is -2.66. The maximum absolute atomic E-state index is 13.2. The number of allylic oxidation sites excluding steroid dienone is 3. The largest absolute Gasteiger partial charge is 0.394 e. The van der Waals surface area contributed by atoms with Gasteiger partial charge in [0.2, 0.25) is 5.91 Å². The van der Waals surface area contributed by atoms with Crippen molar-refractivity contribution in [3.63, 3.8) is 0 Å². The normalized spacial score (nSPS) is 32.2. The molecular weight excluding hydrogens is 939 g/mol. The molecule has 0 saturated carbocycles. The van der Waals surface area contributed by atoms with Crippen molar-refractivity contribution >= 4 is 5.91 Å². The van der Waals surface area contributed by atoms with Crippen molar-refractivity contribution < 1.29 is 89.4 Å². The minimum Gasteiger partial charge on any atom is -0.394 e. The number of carbonyl (C=O) groups is 1. The summed E-state index contributed by atoms with van der Waals surface area (Å²) >= 11 is 0. The second-order valence-corrected chi connectivity index (χ2v) is 20.0. The fourth-order valence-electron chi connectivity index (χ4n) is 9.38. The molecule has 3 heterocycles. The van der Waals surface area contributed by atoms with E-state index in [0.29, 0.717) is 12.8 Å². The van der Waals surface area contributed by atoms with Crippen LogP contribution in [0.2, 0.25) is 0 Å². The van der Waals surface area contributed by atoms with Crippen molar-refractivity contribution in [2.45, 2.75) is 279 Å². The molecule has 12 N–H and O–H groups in total. The summed E-state index contributed by atoms with van der Waals surface area (Å²) in [5.74, 6) is -0.289. The predicted octanol–water partition coefficient (Wildman–Crippen LogP) is 3.20. The van der Waals surface area contributed by atoms with E-state index in [9.17, 15) is 61.0 Å². The van der Waals surface area contributed by atoms with Gasteiger partial charge in [-0.1, -0.05) is 160 Å². The minimum absolute atomic E-state index is 0.238. The summed E-state index contributed by atoms with van der Waals surface area (Å²) in [6.07, 6.45) is 8.98. The monoisotopic (exact) mass is 1040 g/mol. The number of amides is 1. The van der Waals surface area contributed by atoms with E-state index in [1.807, 2.05) is 6.08 Å². The average molecular weight is 1040 g/mol. The maximum atomic E-state index is 13.2. The van der Waals surface area contributed by atoms with Crippen molar-refractivity contribution in [2.75, 3.05) is 26.4 Å². The first-order valence-corrected chi connectivity index (χ1v) is 27.6. The molecule has 17 unspecified atom stereocenters. The third kappa shape index (κ3) is 22.9. The van der Waals surface area contributed by atoms with Gasteiger partial charge in [-0.3, -0.25) is 4.79 Å². The van der Waals surface area contributed by atoms with Crippen molar-refractivity contribution in [3.05, 3.63) is 24.3 Å². The average Bonchev–Trinajstić information content (AvgIpc) is 3.37. The molecule has 3 rings (SSSR count). The Labute approximate surface area is 428 Å². The zero-order chi connectivity index (χ0) is 52.7. The number of unbranched alkanes of at least 4 members (excludes halogenated alkanes) is 21. The third-order valence-corrected chi connectivity index (χ3v) is 14.0. The van der Waals surface area contributed by atoms with Crippen LogP contribution < -0.4 is 5.32 Å². The van der Waals surface area contributed by atoms with Gasteiger partial charge in [0.05, 0.1) is 38.6 Å². The first kappa shape index (κ1) is 64.6. The van der Waals surface area contributed by atoms with Gasteiger partial charge in [-0.25, -0.2) is 0 Å². The van der Waals surface area contributed by atoms with Crippen molar-refractivity contribution in [2.24, 2.45) is 0 Å². The Kier molecular flexibility index (Phi) is 34.0. The molecule has 19 nitrogen and oxygen atoms in total. The molecule has 3 fully saturated rings. The van der Waals surface area contributed by atoms with E-state index in [0.717, 1.165) is 38.5 Å². The molecule has 3 saturated heterocycles. The number of carbonyl (C=O) groups excluding carboxylic acids is 1. The predicted molar refractivity (Wildman–Crippen MR) is 268 cm³/mol. The summed E-state index contributed by atoms with van der Waals surface area (Å²) in [5.41, 5.74) is 0. The highest BCUT2D eigenvalue weighted by Gasteiger charge is 2.53. The van der Waals surface area contributed by atoms with Gasteiger partial charge in [-0.05, 0) is 32.1 Å². The highest BCUT2D eigenvalue weighted by atomic mass is 16.8. The summed E-state index contributed by atoms with van der Waals surface area (Å²) in [7, 11) is 0. The van der Waals surface area contributed by atoms with E-state index in [1.165, 1.54) is 103 Å². The number of ether oxygens (including phenoxy) is 6. The van der Waals surface area contributed by atoms with Crippen LogP contribution in [0.25, 0.3) is 0 Å². The van der Waals surface area contributed by atoms with Gasteiger partial charge < -0.3 is 89.9 Å². The molecule has 3 aliphatic rings. The lowest BCUT2D eigenvalue weighted by molar-refractivity contribution is -0.379. The molecule has 0 bridgehead atoms. The first-order valence-electron chi connectivity index (χ1n) is 27.6. The van der Waals surface area contributed by atoms with Gasteiger partial charge in [-0.2, -0.15) is 0 Å². The van der Waals surface area contributed by atoms with E-state index in [2.05, 4.69) is 31.3 Å². The van der Waals surface area contributed by atoms with E-state index >= 15 is 0 Å². The number of hydrogen-bond acceptors (Lipinski definition) is 18. The zero-order valence-electron chi connectivity index (χ0n) is 43.4. The molecule has 1 amide bonds. The number of rotatable bonds is 39. The molecule has 422 valence electrons. The molecule has 19 heteroatoms. The molecule has 0 aromatic heterocycles. The molecular formula is C53H97NO18. The molecule has 0 aromatic carbocycles. The van der Waals surface area contributed by atoms with E-state index in [4.69, 9.17) is 28.4 Å². The fraction of sp³-hybridized carbons (Fsp3) is 0.906. The summed E-state index contributed by atoms with van der Waals surface area (Å²) < 4.78 is 34.1. The second-order valence-electron chi connectivity index (χ2n) is 20.0. The summed E-state index contributed by atoms with van der Waals surface area (Å²) in [4.78, 5) is 13.2. The van der Waals surface area contributed by atoms with Crippen LogP contribution in [0.1, 0.15) is 174 Å². The molecule has 3 aliphatic heterocycles. The zero-order valence-corrected chi connectivity index (χ0v) is 43.4. The number of aliphatic hydroxyl groups is 11. The molecule has 0 spiro atoms. The van der Waals surface area contributed by atoms with Crippen LogP contribution >= 0.6 is 0 Å². The van der Waals surface area contributed by atoms with Gasteiger partial charge >= 0.3 is 0 Å². The highest BCUT2D eigenvalue weighted by Crippen LogP contribution is 2.33. The quantitative estimate of drug-likeness (QED) is 0.0311. The van der Waals surface area contributed by atoms with Crippen LogP contribution in [0.3, 0.4) is 0 Å². The van der Waals surface area contributed by atoms with Crippen LogP contribution in [0.5, 0.6) is 0 Å². The van der Waals surface area contributed by atoms with E-state index in [-0.39, 0.29) is 18.9 Å². The Morgan fingerprint density at radius 3 is 1.39 bits per heavy atom. The standard InChI is InChI=1S/C53H97NO18/c1-3-5-7-9-11-13-15-16-17-18-19-20-21-22-24-26-28-30-37(58)36(54-41(59)31-29-27-25-23-14-12-10-8-6-4-2)35-67-51-47(65)44(62)49(39(33-56)69-51)72-53-48(66)45(63)50(40(34-57)70-53)71-52-46(64)43(61)42(60)38(32-55)68-52/h21-22,28,30,36-40,42-53,55-58,60-66H,3-20,23-27,29,31-35H2,1-2H3,(H,54,59)/b22-21+,30-28+. The van der Waals surface area contributed by atoms with Gasteiger partial charge in [0.15, 0.2) is 18.9 Å². The van der Waals surface area contributed by atoms with Crippen molar-refractivity contribution in [3.8, 4) is 0 Å². The van der Waals surface area contributed by atoms with E-state index in [1.54, 1.807) is 6.08 Å². The minimum atomic E-state index is -1.98. The molecule has 0 aliphatic carbocycles. The highest BCUT2D eigenvalue weighted by molar-refractivity contribution is 5.76. The Morgan fingerprint density at radius 1 is 0.486 bits per heavy atom. The number of nitrogens with one attached hydrogen (secondary N) is 1. The Bertz CT molecular complexity index is 1430. The Balaban J connectivity index is 1.55. The summed E-state index contributed by atoms with van der Waals surface area (Å²) in [6, 6.07) is -0.983. The van der Waals surface area contributed by atoms with Crippen LogP contribution in [-0.2, 0) is 33.2 Å².